The first-order chi connectivity index (χ1) is 9.63. The second-order valence-corrected chi connectivity index (χ2v) is 4.80. The number of anilines is 1. The Bertz CT molecular complexity index is 490. The lowest BCUT2D eigenvalue weighted by atomic mass is 10.2. The summed E-state index contributed by atoms with van der Waals surface area (Å²) in [5.74, 6) is 0.426. The van der Waals surface area contributed by atoms with E-state index in [0.29, 0.717) is 19.6 Å². The number of carbonyl (C=O) groups excluding carboxylic acids is 2. The van der Waals surface area contributed by atoms with Crippen LogP contribution in [0, 0.1) is 0 Å². The van der Waals surface area contributed by atoms with E-state index in [9.17, 15) is 9.59 Å². The highest BCUT2D eigenvalue weighted by atomic mass is 35.5. The van der Waals surface area contributed by atoms with E-state index in [1.54, 1.807) is 4.90 Å². The van der Waals surface area contributed by atoms with Crippen LogP contribution in [0.25, 0.3) is 0 Å². The number of hydrogen-bond acceptors (Lipinski definition) is 3. The van der Waals surface area contributed by atoms with Crippen LogP contribution in [-0.4, -0.2) is 36.9 Å². The maximum Gasteiger partial charge on any atom is 0.235 e. The molecule has 1 aromatic carbocycles. The normalized spacial score (nSPS) is 18.2. The molecule has 2 rings (SSSR count). The number of ether oxygens (including phenoxy) is 1. The molecule has 20 heavy (non-hydrogen) atoms. The number of rotatable bonds is 5. The number of nitrogens with one attached hydrogen (secondary N) is 1. The first kappa shape index (κ1) is 14.7. The van der Waals surface area contributed by atoms with Gasteiger partial charge in [-0.1, -0.05) is 0 Å². The maximum atomic E-state index is 12.0. The molecule has 1 N–H and O–H groups in total. The third kappa shape index (κ3) is 3.42. The molecule has 0 radical (unpaired) electrons. The fourth-order valence-electron chi connectivity index (χ4n) is 2.21. The van der Waals surface area contributed by atoms with Gasteiger partial charge in [-0.2, -0.15) is 0 Å². The minimum atomic E-state index is -0.252. The summed E-state index contributed by atoms with van der Waals surface area (Å²) in [5.41, 5.74) is 0.807. The summed E-state index contributed by atoms with van der Waals surface area (Å²) in [7, 11) is 0. The lowest BCUT2D eigenvalue weighted by Gasteiger charge is -2.17. The molecule has 0 spiro atoms. The molecule has 1 unspecified atom stereocenters. The highest BCUT2D eigenvalue weighted by Crippen LogP contribution is 2.24. The van der Waals surface area contributed by atoms with Gasteiger partial charge in [0, 0.05) is 18.7 Å². The molecule has 1 atom stereocenters. The van der Waals surface area contributed by atoms with Gasteiger partial charge in [0.15, 0.2) is 0 Å². The molecule has 1 aromatic rings. The molecule has 5 nitrogen and oxygen atoms in total. The largest absolute Gasteiger partial charge is 0.494 e. The van der Waals surface area contributed by atoms with Crippen LogP contribution in [0.2, 0.25) is 0 Å². The third-order valence-corrected chi connectivity index (χ3v) is 3.31. The molecule has 0 aliphatic carbocycles. The Morgan fingerprint density at radius 2 is 2.15 bits per heavy atom. The molecule has 1 aliphatic heterocycles. The summed E-state index contributed by atoms with van der Waals surface area (Å²) in [6.45, 7) is 2.99. The molecule has 2 amide bonds. The number of hydrogen-bond donors (Lipinski definition) is 1. The summed E-state index contributed by atoms with van der Waals surface area (Å²) in [6.07, 6.45) is 0.301. The van der Waals surface area contributed by atoms with Crippen molar-refractivity contribution in [1.29, 1.82) is 0 Å². The highest BCUT2D eigenvalue weighted by Gasteiger charge is 2.31. The first-order valence-electron chi connectivity index (χ1n) is 6.52. The molecule has 1 heterocycles. The molecule has 1 fully saturated rings. The Labute approximate surface area is 122 Å². The van der Waals surface area contributed by atoms with Crippen molar-refractivity contribution in [3.05, 3.63) is 24.3 Å². The number of amides is 2. The van der Waals surface area contributed by atoms with Gasteiger partial charge in [-0.25, -0.2) is 0 Å². The number of nitrogens with zero attached hydrogens (tertiary/aromatic N) is 1. The topological polar surface area (TPSA) is 58.6 Å². The molecule has 108 valence electrons. The lowest BCUT2D eigenvalue weighted by Crippen LogP contribution is -2.37. The van der Waals surface area contributed by atoms with Crippen molar-refractivity contribution >= 4 is 29.1 Å². The van der Waals surface area contributed by atoms with Crippen LogP contribution in [0.3, 0.4) is 0 Å². The Balaban J connectivity index is 2.02. The van der Waals surface area contributed by atoms with Gasteiger partial charge >= 0.3 is 0 Å². The number of benzene rings is 1. The Kier molecular flexibility index (Phi) is 4.84. The quantitative estimate of drug-likeness (QED) is 0.839. The van der Waals surface area contributed by atoms with E-state index in [1.165, 1.54) is 0 Å². The minimum absolute atomic E-state index is 0.00553. The number of carbonyl (C=O) groups is 2. The summed E-state index contributed by atoms with van der Waals surface area (Å²) in [5, 5.41) is 2.73. The Hall–Kier alpha value is -1.75. The van der Waals surface area contributed by atoms with Gasteiger partial charge in [0.1, 0.15) is 11.6 Å². The van der Waals surface area contributed by atoms with Gasteiger partial charge in [-0.3, -0.25) is 9.59 Å². The molecule has 6 heteroatoms. The molecule has 1 saturated heterocycles. The van der Waals surface area contributed by atoms with E-state index in [2.05, 4.69) is 5.32 Å². The number of halogens is 1. The zero-order valence-corrected chi connectivity index (χ0v) is 12.0. The Morgan fingerprint density at radius 3 is 2.75 bits per heavy atom. The van der Waals surface area contributed by atoms with Gasteiger partial charge in [-0.05, 0) is 31.2 Å². The van der Waals surface area contributed by atoms with E-state index >= 15 is 0 Å². The Morgan fingerprint density at radius 1 is 1.45 bits per heavy atom. The average molecular weight is 297 g/mol. The fraction of sp³-hybridized carbons (Fsp3) is 0.429. The van der Waals surface area contributed by atoms with Crippen LogP contribution in [-0.2, 0) is 9.59 Å². The van der Waals surface area contributed by atoms with Crippen LogP contribution in [0.4, 0.5) is 5.69 Å². The van der Waals surface area contributed by atoms with Gasteiger partial charge in [-0.15, -0.1) is 11.6 Å². The fourth-order valence-corrected chi connectivity index (χ4v) is 2.29. The van der Waals surface area contributed by atoms with E-state index in [1.807, 2.05) is 31.2 Å². The van der Waals surface area contributed by atoms with Crippen LogP contribution >= 0.6 is 11.6 Å². The van der Waals surface area contributed by atoms with Crippen molar-refractivity contribution in [3.63, 3.8) is 0 Å². The third-order valence-electron chi connectivity index (χ3n) is 3.07. The van der Waals surface area contributed by atoms with Crippen LogP contribution in [0.5, 0.6) is 5.75 Å². The molecule has 0 bridgehead atoms. The van der Waals surface area contributed by atoms with Crippen molar-refractivity contribution < 1.29 is 14.3 Å². The summed E-state index contributed by atoms with van der Waals surface area (Å²) >= 11 is 5.44. The minimum Gasteiger partial charge on any atom is -0.494 e. The molecular weight excluding hydrogens is 280 g/mol. The summed E-state index contributed by atoms with van der Waals surface area (Å²) < 4.78 is 5.36. The van der Waals surface area contributed by atoms with Crippen molar-refractivity contribution in [3.8, 4) is 5.75 Å². The predicted octanol–water partition coefficient (Wildman–Crippen LogP) is 1.55. The SMILES string of the molecule is CCOc1ccc(N2CC(NC(=O)CCl)CC2=O)cc1. The number of alkyl halides is 1. The smallest absolute Gasteiger partial charge is 0.235 e. The van der Waals surface area contributed by atoms with Crippen molar-refractivity contribution in [2.24, 2.45) is 0 Å². The van der Waals surface area contributed by atoms with E-state index in [4.69, 9.17) is 16.3 Å². The molecular formula is C14H17ClN2O3. The maximum absolute atomic E-state index is 12.0. The van der Waals surface area contributed by atoms with Gasteiger partial charge in [0.05, 0.1) is 12.6 Å². The monoisotopic (exact) mass is 296 g/mol. The van der Waals surface area contributed by atoms with Crippen molar-refractivity contribution in [2.45, 2.75) is 19.4 Å². The second-order valence-electron chi connectivity index (χ2n) is 4.53. The zero-order chi connectivity index (χ0) is 14.5. The van der Waals surface area contributed by atoms with Gasteiger partial charge < -0.3 is 15.0 Å². The zero-order valence-electron chi connectivity index (χ0n) is 11.3. The lowest BCUT2D eigenvalue weighted by molar-refractivity contribution is -0.119. The summed E-state index contributed by atoms with van der Waals surface area (Å²) in [6, 6.07) is 7.16. The molecule has 0 saturated carbocycles. The van der Waals surface area contributed by atoms with Crippen molar-refractivity contribution in [1.82, 2.24) is 5.32 Å². The van der Waals surface area contributed by atoms with E-state index in [-0.39, 0.29) is 23.7 Å². The molecule has 0 aromatic heterocycles. The van der Waals surface area contributed by atoms with E-state index < -0.39 is 0 Å². The van der Waals surface area contributed by atoms with Gasteiger partial charge in [0.2, 0.25) is 11.8 Å². The van der Waals surface area contributed by atoms with Crippen molar-refractivity contribution in [2.75, 3.05) is 23.9 Å². The predicted molar refractivity (Wildman–Crippen MR) is 77.2 cm³/mol. The standard InChI is InChI=1S/C14H17ClN2O3/c1-2-20-12-5-3-11(4-6-12)17-9-10(7-14(17)19)16-13(18)8-15/h3-6,10H,2,7-9H2,1H3,(H,16,18). The van der Waals surface area contributed by atoms with E-state index in [0.717, 1.165) is 11.4 Å². The summed E-state index contributed by atoms with van der Waals surface area (Å²) in [4.78, 5) is 24.9. The van der Waals surface area contributed by atoms with Crippen LogP contribution in [0.15, 0.2) is 24.3 Å². The molecule has 1 aliphatic rings. The average Bonchev–Trinajstić information content (AvgIpc) is 2.80. The second kappa shape index (κ2) is 6.61. The highest BCUT2D eigenvalue weighted by molar-refractivity contribution is 6.27. The van der Waals surface area contributed by atoms with Gasteiger partial charge in [0.25, 0.3) is 0 Å². The van der Waals surface area contributed by atoms with Crippen LogP contribution in [0.1, 0.15) is 13.3 Å². The first-order valence-corrected chi connectivity index (χ1v) is 7.06. The van der Waals surface area contributed by atoms with Crippen LogP contribution < -0.4 is 15.0 Å².